The third kappa shape index (κ3) is 3.65. The molecule has 0 bridgehead atoms. The summed E-state index contributed by atoms with van der Waals surface area (Å²) in [6, 6.07) is 8.18. The Morgan fingerprint density at radius 2 is 2.18 bits per heavy atom. The Bertz CT molecular complexity index is 333. The van der Waals surface area contributed by atoms with Gasteiger partial charge in [0.1, 0.15) is 5.75 Å². The van der Waals surface area contributed by atoms with Gasteiger partial charge in [-0.05, 0) is 49.3 Å². The molecule has 1 aliphatic heterocycles. The van der Waals surface area contributed by atoms with E-state index in [4.69, 9.17) is 0 Å². The topological polar surface area (TPSA) is 32.3 Å². The lowest BCUT2D eigenvalue weighted by Gasteiger charge is -2.23. The summed E-state index contributed by atoms with van der Waals surface area (Å²) in [5, 5.41) is 13.6. The summed E-state index contributed by atoms with van der Waals surface area (Å²) in [6.07, 6.45) is 3.75. The van der Waals surface area contributed by atoms with Gasteiger partial charge in [0.2, 0.25) is 0 Å². The van der Waals surface area contributed by atoms with Crippen LogP contribution in [0.4, 0.5) is 0 Å². The molecule has 2 atom stereocenters. The lowest BCUT2D eigenvalue weighted by Crippen LogP contribution is -2.38. The molecule has 1 heterocycles. The first kappa shape index (κ1) is 12.8. The molecule has 0 saturated carbocycles. The highest BCUT2D eigenvalue weighted by atomic mass is 32.2. The van der Waals surface area contributed by atoms with Crippen LogP contribution >= 0.6 is 11.8 Å². The molecule has 1 aromatic rings. The molecule has 0 spiro atoms. The van der Waals surface area contributed by atoms with Crippen molar-refractivity contribution in [2.75, 3.05) is 12.3 Å². The van der Waals surface area contributed by atoms with Gasteiger partial charge < -0.3 is 10.4 Å². The molecule has 94 valence electrons. The Kier molecular flexibility index (Phi) is 4.75. The first-order chi connectivity index (χ1) is 8.29. The van der Waals surface area contributed by atoms with Crippen molar-refractivity contribution in [2.24, 2.45) is 0 Å². The minimum Gasteiger partial charge on any atom is -0.508 e. The molecule has 1 fully saturated rings. The van der Waals surface area contributed by atoms with Gasteiger partial charge in [-0.1, -0.05) is 19.1 Å². The molecule has 2 unspecified atom stereocenters. The summed E-state index contributed by atoms with van der Waals surface area (Å²) in [7, 11) is 0. The number of phenols is 1. The summed E-state index contributed by atoms with van der Waals surface area (Å²) in [5.74, 6) is 1.66. The maximum atomic E-state index is 9.29. The minimum absolute atomic E-state index is 0.351. The minimum atomic E-state index is 0.351. The highest BCUT2D eigenvalue weighted by Crippen LogP contribution is 2.30. The van der Waals surface area contributed by atoms with E-state index < -0.39 is 0 Å². The van der Waals surface area contributed by atoms with E-state index in [-0.39, 0.29) is 0 Å². The van der Waals surface area contributed by atoms with Crippen molar-refractivity contribution in [1.82, 2.24) is 5.32 Å². The second kappa shape index (κ2) is 6.31. The quantitative estimate of drug-likeness (QED) is 0.844. The number of likely N-dealkylation sites (N-methyl/N-ethyl adjacent to an activating group) is 1. The van der Waals surface area contributed by atoms with Gasteiger partial charge >= 0.3 is 0 Å². The SMILES string of the molecule is CCNC(Cc1ccc(O)cc1)C1CCCS1. The Hall–Kier alpha value is -0.670. The van der Waals surface area contributed by atoms with Crippen molar-refractivity contribution in [3.63, 3.8) is 0 Å². The third-order valence-corrected chi connectivity index (χ3v) is 4.79. The van der Waals surface area contributed by atoms with Crippen molar-refractivity contribution in [1.29, 1.82) is 0 Å². The van der Waals surface area contributed by atoms with Crippen LogP contribution in [-0.2, 0) is 6.42 Å². The molecule has 1 aromatic carbocycles. The zero-order valence-corrected chi connectivity index (χ0v) is 11.2. The van der Waals surface area contributed by atoms with Crippen LogP contribution in [0.2, 0.25) is 0 Å². The fourth-order valence-corrected chi connectivity index (χ4v) is 3.80. The van der Waals surface area contributed by atoms with E-state index in [9.17, 15) is 5.11 Å². The first-order valence-electron chi connectivity index (χ1n) is 6.42. The number of thioether (sulfide) groups is 1. The largest absolute Gasteiger partial charge is 0.508 e. The highest BCUT2D eigenvalue weighted by molar-refractivity contribution is 8.00. The van der Waals surface area contributed by atoms with E-state index in [1.165, 1.54) is 24.2 Å². The van der Waals surface area contributed by atoms with Crippen LogP contribution in [0.25, 0.3) is 0 Å². The highest BCUT2D eigenvalue weighted by Gasteiger charge is 2.24. The molecule has 1 saturated heterocycles. The third-order valence-electron chi connectivity index (χ3n) is 3.27. The molecule has 0 aliphatic carbocycles. The van der Waals surface area contributed by atoms with Crippen LogP contribution in [-0.4, -0.2) is 28.7 Å². The first-order valence-corrected chi connectivity index (χ1v) is 7.47. The lowest BCUT2D eigenvalue weighted by molar-refractivity contribution is 0.473. The molecular formula is C14H21NOS. The Labute approximate surface area is 108 Å². The maximum absolute atomic E-state index is 9.29. The van der Waals surface area contributed by atoms with Crippen molar-refractivity contribution < 1.29 is 5.11 Å². The van der Waals surface area contributed by atoms with Gasteiger partial charge in [0.15, 0.2) is 0 Å². The van der Waals surface area contributed by atoms with E-state index in [2.05, 4.69) is 24.0 Å². The number of phenolic OH excluding ortho intramolecular Hbond substituents is 1. The number of benzene rings is 1. The zero-order valence-electron chi connectivity index (χ0n) is 10.4. The van der Waals surface area contributed by atoms with E-state index in [0.29, 0.717) is 11.8 Å². The summed E-state index contributed by atoms with van der Waals surface area (Å²) < 4.78 is 0. The predicted octanol–water partition coefficient (Wildman–Crippen LogP) is 2.81. The van der Waals surface area contributed by atoms with Crippen molar-refractivity contribution >= 4 is 11.8 Å². The van der Waals surface area contributed by atoms with E-state index in [1.807, 2.05) is 12.1 Å². The number of rotatable bonds is 5. The standard InChI is InChI=1S/C14H21NOS/c1-2-15-13(14-4-3-9-17-14)10-11-5-7-12(16)8-6-11/h5-8,13-16H,2-4,9-10H2,1H3. The van der Waals surface area contributed by atoms with Crippen LogP contribution in [0, 0.1) is 0 Å². The van der Waals surface area contributed by atoms with Gasteiger partial charge in [0, 0.05) is 11.3 Å². The predicted molar refractivity (Wildman–Crippen MR) is 74.8 cm³/mol. The fourth-order valence-electron chi connectivity index (χ4n) is 2.40. The summed E-state index contributed by atoms with van der Waals surface area (Å²) in [5.41, 5.74) is 1.31. The van der Waals surface area contributed by atoms with Crippen LogP contribution < -0.4 is 5.32 Å². The van der Waals surface area contributed by atoms with Crippen molar-refractivity contribution in [3.05, 3.63) is 29.8 Å². The molecule has 3 heteroatoms. The Balaban J connectivity index is 1.98. The number of nitrogens with one attached hydrogen (secondary N) is 1. The average molecular weight is 251 g/mol. The van der Waals surface area contributed by atoms with Gasteiger partial charge in [-0.15, -0.1) is 0 Å². The Morgan fingerprint density at radius 1 is 1.41 bits per heavy atom. The van der Waals surface area contributed by atoms with Crippen molar-refractivity contribution in [3.8, 4) is 5.75 Å². The van der Waals surface area contributed by atoms with Gasteiger partial charge in [-0.2, -0.15) is 11.8 Å². The molecule has 0 amide bonds. The van der Waals surface area contributed by atoms with Gasteiger partial charge in [0.25, 0.3) is 0 Å². The van der Waals surface area contributed by atoms with Crippen LogP contribution in [0.3, 0.4) is 0 Å². The summed E-state index contributed by atoms with van der Waals surface area (Å²) in [4.78, 5) is 0. The van der Waals surface area contributed by atoms with Gasteiger partial charge in [0.05, 0.1) is 0 Å². The normalized spacial score (nSPS) is 21.6. The molecule has 1 aliphatic rings. The van der Waals surface area contributed by atoms with Gasteiger partial charge in [-0.25, -0.2) is 0 Å². The lowest BCUT2D eigenvalue weighted by atomic mass is 10.0. The molecule has 17 heavy (non-hydrogen) atoms. The molecular weight excluding hydrogens is 230 g/mol. The van der Waals surface area contributed by atoms with E-state index >= 15 is 0 Å². The number of hydrogen-bond acceptors (Lipinski definition) is 3. The van der Waals surface area contributed by atoms with E-state index in [0.717, 1.165) is 18.2 Å². The Morgan fingerprint density at radius 3 is 2.76 bits per heavy atom. The van der Waals surface area contributed by atoms with Crippen LogP contribution in [0.5, 0.6) is 5.75 Å². The maximum Gasteiger partial charge on any atom is 0.115 e. The smallest absolute Gasteiger partial charge is 0.115 e. The van der Waals surface area contributed by atoms with Crippen LogP contribution in [0.15, 0.2) is 24.3 Å². The van der Waals surface area contributed by atoms with Crippen molar-refractivity contribution in [2.45, 2.75) is 37.5 Å². The average Bonchev–Trinajstić information content (AvgIpc) is 2.85. The van der Waals surface area contributed by atoms with E-state index in [1.54, 1.807) is 12.1 Å². The molecule has 2 N–H and O–H groups in total. The molecule has 2 rings (SSSR count). The van der Waals surface area contributed by atoms with Crippen LogP contribution in [0.1, 0.15) is 25.3 Å². The molecule has 0 radical (unpaired) electrons. The summed E-state index contributed by atoms with van der Waals surface area (Å²) >= 11 is 2.10. The molecule has 0 aromatic heterocycles. The zero-order chi connectivity index (χ0) is 12.1. The second-order valence-corrected chi connectivity index (χ2v) is 5.93. The molecule has 2 nitrogen and oxygen atoms in total. The van der Waals surface area contributed by atoms with Gasteiger partial charge in [-0.3, -0.25) is 0 Å². The monoisotopic (exact) mass is 251 g/mol. The summed E-state index contributed by atoms with van der Waals surface area (Å²) in [6.45, 7) is 3.20. The number of aromatic hydroxyl groups is 1. The fraction of sp³-hybridized carbons (Fsp3) is 0.571. The number of hydrogen-bond donors (Lipinski definition) is 2. The second-order valence-electron chi connectivity index (χ2n) is 4.59.